The molecule has 0 aliphatic heterocycles. The van der Waals surface area contributed by atoms with E-state index in [-0.39, 0.29) is 24.2 Å². The van der Waals surface area contributed by atoms with Crippen LogP contribution in [0.5, 0.6) is 0 Å². The molecule has 2 aromatic rings. The minimum atomic E-state index is -0.580. The van der Waals surface area contributed by atoms with Crippen molar-refractivity contribution in [3.63, 3.8) is 0 Å². The van der Waals surface area contributed by atoms with E-state index in [9.17, 15) is 14.0 Å². The Hall–Kier alpha value is -2.25. The van der Waals surface area contributed by atoms with Gasteiger partial charge in [-0.25, -0.2) is 4.39 Å². The zero-order chi connectivity index (χ0) is 22.1. The number of rotatable bonds is 10. The second-order valence-corrected chi connectivity index (χ2v) is 9.31. The molecule has 0 unspecified atom stereocenters. The largest absolute Gasteiger partial charge is 0.385 e. The Morgan fingerprint density at radius 3 is 2.33 bits per heavy atom. The fourth-order valence-electron chi connectivity index (χ4n) is 3.02. The predicted molar refractivity (Wildman–Crippen MR) is 118 cm³/mol. The van der Waals surface area contributed by atoms with Crippen molar-refractivity contribution in [2.24, 2.45) is 5.41 Å². The van der Waals surface area contributed by atoms with Crippen molar-refractivity contribution >= 4 is 23.2 Å². The number of thiophene rings is 1. The SMILES string of the molecule is COCCCN(CC(=O)N(Cc1ccc(F)cc1)Cc1cccs1)C(=O)C(C)(C)C. The van der Waals surface area contributed by atoms with Gasteiger partial charge in [0.05, 0.1) is 13.1 Å². The number of halogens is 1. The van der Waals surface area contributed by atoms with Crippen LogP contribution in [0.1, 0.15) is 37.6 Å². The van der Waals surface area contributed by atoms with Gasteiger partial charge in [-0.05, 0) is 35.6 Å². The summed E-state index contributed by atoms with van der Waals surface area (Å²) in [4.78, 5) is 30.5. The summed E-state index contributed by atoms with van der Waals surface area (Å²) in [7, 11) is 1.62. The molecule has 0 bridgehead atoms. The van der Waals surface area contributed by atoms with Gasteiger partial charge in [-0.3, -0.25) is 9.59 Å². The lowest BCUT2D eigenvalue weighted by atomic mass is 9.94. The lowest BCUT2D eigenvalue weighted by Gasteiger charge is -2.31. The Morgan fingerprint density at radius 2 is 1.77 bits per heavy atom. The van der Waals surface area contributed by atoms with Crippen LogP contribution in [-0.4, -0.2) is 48.4 Å². The summed E-state index contributed by atoms with van der Waals surface area (Å²) in [6, 6.07) is 10.1. The number of nitrogens with zero attached hydrogens (tertiary/aromatic N) is 2. The smallest absolute Gasteiger partial charge is 0.242 e. The molecule has 2 amide bonds. The van der Waals surface area contributed by atoms with E-state index in [4.69, 9.17) is 4.74 Å². The highest BCUT2D eigenvalue weighted by Gasteiger charge is 2.29. The van der Waals surface area contributed by atoms with E-state index >= 15 is 0 Å². The van der Waals surface area contributed by atoms with Crippen LogP contribution >= 0.6 is 11.3 Å². The van der Waals surface area contributed by atoms with Crippen LogP contribution in [0.4, 0.5) is 4.39 Å². The first-order valence-corrected chi connectivity index (χ1v) is 10.9. The molecule has 0 fully saturated rings. The summed E-state index contributed by atoms with van der Waals surface area (Å²) in [5.41, 5.74) is 0.262. The monoisotopic (exact) mass is 434 g/mol. The Kier molecular flexibility index (Phi) is 8.99. The second kappa shape index (κ2) is 11.2. The highest BCUT2D eigenvalue weighted by molar-refractivity contribution is 7.09. The number of ether oxygens (including phenoxy) is 1. The molecular formula is C23H31FN2O3S. The average molecular weight is 435 g/mol. The molecule has 0 spiro atoms. The molecule has 0 aliphatic carbocycles. The summed E-state index contributed by atoms with van der Waals surface area (Å²) in [5, 5.41) is 1.97. The summed E-state index contributed by atoms with van der Waals surface area (Å²) in [5.74, 6) is -0.512. The maximum atomic E-state index is 13.3. The predicted octanol–water partition coefficient (Wildman–Crippen LogP) is 4.33. The minimum Gasteiger partial charge on any atom is -0.385 e. The van der Waals surface area contributed by atoms with Crippen LogP contribution in [0.2, 0.25) is 0 Å². The first kappa shape index (κ1) is 24.0. The fourth-order valence-corrected chi connectivity index (χ4v) is 3.74. The molecule has 0 N–H and O–H groups in total. The maximum Gasteiger partial charge on any atom is 0.242 e. The molecule has 0 saturated heterocycles. The van der Waals surface area contributed by atoms with Gasteiger partial charge in [0.25, 0.3) is 0 Å². The van der Waals surface area contributed by atoms with Crippen LogP contribution < -0.4 is 0 Å². The third kappa shape index (κ3) is 7.54. The molecule has 7 heteroatoms. The zero-order valence-electron chi connectivity index (χ0n) is 18.2. The molecule has 2 rings (SSSR count). The molecule has 0 aliphatic rings. The number of carbonyl (C=O) groups excluding carboxylic acids is 2. The van der Waals surface area contributed by atoms with E-state index in [0.717, 1.165) is 10.4 Å². The van der Waals surface area contributed by atoms with Gasteiger partial charge < -0.3 is 14.5 Å². The van der Waals surface area contributed by atoms with Crippen molar-refractivity contribution in [1.82, 2.24) is 9.80 Å². The molecule has 5 nitrogen and oxygen atoms in total. The standard InChI is InChI=1S/C23H31FN2O3S/c1-23(2,3)22(28)25(12-6-13-29-4)17-21(27)26(16-20-7-5-14-30-20)15-18-8-10-19(24)11-9-18/h5,7-11,14H,6,12-13,15-17H2,1-4H3. The topological polar surface area (TPSA) is 49.9 Å². The lowest BCUT2D eigenvalue weighted by molar-refractivity contribution is -0.146. The highest BCUT2D eigenvalue weighted by atomic mass is 32.1. The quantitative estimate of drug-likeness (QED) is 0.523. The summed E-state index contributed by atoms with van der Waals surface area (Å²) < 4.78 is 18.4. The molecule has 164 valence electrons. The second-order valence-electron chi connectivity index (χ2n) is 8.28. The van der Waals surface area contributed by atoms with E-state index < -0.39 is 5.41 Å². The number of benzene rings is 1. The Balaban J connectivity index is 2.17. The van der Waals surface area contributed by atoms with Gasteiger partial charge in [0.2, 0.25) is 11.8 Å². The molecule has 1 aromatic heterocycles. The molecule has 1 aromatic carbocycles. The van der Waals surface area contributed by atoms with Crippen molar-refractivity contribution in [3.8, 4) is 0 Å². The Labute approximate surface area is 182 Å². The number of hydrogen-bond donors (Lipinski definition) is 0. The van der Waals surface area contributed by atoms with Gasteiger partial charge in [-0.1, -0.05) is 39.0 Å². The first-order chi connectivity index (χ1) is 14.2. The number of carbonyl (C=O) groups is 2. The van der Waals surface area contributed by atoms with Gasteiger partial charge in [0.1, 0.15) is 5.82 Å². The number of hydrogen-bond acceptors (Lipinski definition) is 4. The van der Waals surface area contributed by atoms with Gasteiger partial charge >= 0.3 is 0 Å². The lowest BCUT2D eigenvalue weighted by Crippen LogP contribution is -2.46. The number of amides is 2. The van der Waals surface area contributed by atoms with E-state index in [1.165, 1.54) is 12.1 Å². The summed E-state index contributed by atoms with van der Waals surface area (Å²) in [6.07, 6.45) is 0.661. The fraction of sp³-hybridized carbons (Fsp3) is 0.478. The van der Waals surface area contributed by atoms with Crippen molar-refractivity contribution < 1.29 is 18.7 Å². The van der Waals surface area contributed by atoms with Gasteiger partial charge in [-0.15, -0.1) is 11.3 Å². The van der Waals surface area contributed by atoms with Crippen molar-refractivity contribution in [2.75, 3.05) is 26.8 Å². The molecular weight excluding hydrogens is 403 g/mol. The molecule has 30 heavy (non-hydrogen) atoms. The average Bonchev–Trinajstić information content (AvgIpc) is 3.20. The van der Waals surface area contributed by atoms with Crippen LogP contribution in [-0.2, 0) is 27.4 Å². The van der Waals surface area contributed by atoms with E-state index in [1.54, 1.807) is 40.4 Å². The normalized spacial score (nSPS) is 11.4. The van der Waals surface area contributed by atoms with Gasteiger partial charge in [0.15, 0.2) is 0 Å². The van der Waals surface area contributed by atoms with Crippen LogP contribution in [0.25, 0.3) is 0 Å². The Bertz CT molecular complexity index is 801. The summed E-state index contributed by atoms with van der Waals surface area (Å²) in [6.45, 7) is 7.35. The van der Waals surface area contributed by atoms with Gasteiger partial charge in [-0.2, -0.15) is 0 Å². The highest BCUT2D eigenvalue weighted by Crippen LogP contribution is 2.19. The van der Waals surface area contributed by atoms with Crippen molar-refractivity contribution in [1.29, 1.82) is 0 Å². The molecule has 0 atom stereocenters. The Morgan fingerprint density at radius 1 is 1.07 bits per heavy atom. The molecule has 1 heterocycles. The molecule has 0 saturated carbocycles. The van der Waals surface area contributed by atoms with Gasteiger partial charge in [0, 0.05) is 37.1 Å². The maximum absolute atomic E-state index is 13.3. The number of methoxy groups -OCH3 is 1. The van der Waals surface area contributed by atoms with Crippen LogP contribution in [0.15, 0.2) is 41.8 Å². The third-order valence-electron chi connectivity index (χ3n) is 4.60. The minimum absolute atomic E-state index is 0.00634. The zero-order valence-corrected chi connectivity index (χ0v) is 19.0. The van der Waals surface area contributed by atoms with Crippen molar-refractivity contribution in [3.05, 3.63) is 58.0 Å². The van der Waals surface area contributed by atoms with E-state index in [1.807, 2.05) is 38.3 Å². The van der Waals surface area contributed by atoms with E-state index in [2.05, 4.69) is 0 Å². The van der Waals surface area contributed by atoms with Crippen LogP contribution in [0.3, 0.4) is 0 Å². The third-order valence-corrected chi connectivity index (χ3v) is 5.46. The molecule has 0 radical (unpaired) electrons. The summed E-state index contributed by atoms with van der Waals surface area (Å²) >= 11 is 1.58. The first-order valence-electron chi connectivity index (χ1n) is 10.0. The van der Waals surface area contributed by atoms with Crippen molar-refractivity contribution in [2.45, 2.75) is 40.3 Å². The van der Waals surface area contributed by atoms with Crippen LogP contribution in [0, 0.1) is 11.2 Å². The van der Waals surface area contributed by atoms with E-state index in [0.29, 0.717) is 32.7 Å².